The van der Waals surface area contributed by atoms with Crippen molar-refractivity contribution in [1.82, 2.24) is 9.88 Å². The van der Waals surface area contributed by atoms with Gasteiger partial charge in [-0.1, -0.05) is 29.3 Å². The number of nitrogens with zero attached hydrogens (tertiary/aromatic N) is 1. The molecule has 1 N–H and O–H groups in total. The number of rotatable bonds is 3. The lowest BCUT2D eigenvalue weighted by atomic mass is 10.1. The molecule has 1 aromatic heterocycles. The van der Waals surface area contributed by atoms with Crippen molar-refractivity contribution in [1.29, 1.82) is 0 Å². The molecular weight excluding hydrogens is 311 g/mol. The number of aromatic nitrogens is 1. The van der Waals surface area contributed by atoms with Crippen molar-refractivity contribution in [3.63, 3.8) is 0 Å². The zero-order valence-electron chi connectivity index (χ0n) is 11.6. The van der Waals surface area contributed by atoms with Crippen LogP contribution < -0.4 is 5.56 Å². The van der Waals surface area contributed by atoms with Crippen LogP contribution in [0.3, 0.4) is 0 Å². The average Bonchev–Trinajstić information content (AvgIpc) is 2.45. The van der Waals surface area contributed by atoms with Gasteiger partial charge in [0.05, 0.1) is 6.04 Å². The Kier molecular flexibility index (Phi) is 4.70. The summed E-state index contributed by atoms with van der Waals surface area (Å²) in [5, 5.41) is 1.01. The highest BCUT2D eigenvalue weighted by Crippen LogP contribution is 2.29. The maximum atomic E-state index is 12.4. The number of halogens is 2. The van der Waals surface area contributed by atoms with E-state index < -0.39 is 5.56 Å². The topological polar surface area (TPSA) is 53.2 Å². The van der Waals surface area contributed by atoms with Gasteiger partial charge in [-0.05, 0) is 36.8 Å². The van der Waals surface area contributed by atoms with Crippen molar-refractivity contribution in [3.8, 4) is 0 Å². The number of H-pyrrole nitrogens is 1. The number of hydrogen-bond acceptors (Lipinski definition) is 2. The Labute approximate surface area is 132 Å². The molecular formula is C15H14Cl2N2O2. The van der Waals surface area contributed by atoms with Gasteiger partial charge in [0.25, 0.3) is 11.5 Å². The normalized spacial score (nSPS) is 12.0. The molecule has 21 heavy (non-hydrogen) atoms. The Hall–Kier alpha value is -1.78. The van der Waals surface area contributed by atoms with Crippen LogP contribution >= 0.6 is 23.2 Å². The molecule has 2 rings (SSSR count). The Balaban J connectivity index is 2.31. The molecule has 1 aromatic carbocycles. The highest BCUT2D eigenvalue weighted by atomic mass is 35.5. The Morgan fingerprint density at radius 3 is 2.62 bits per heavy atom. The van der Waals surface area contributed by atoms with E-state index in [0.717, 1.165) is 5.56 Å². The first-order valence-corrected chi connectivity index (χ1v) is 7.07. The molecule has 1 heterocycles. The summed E-state index contributed by atoms with van der Waals surface area (Å²) < 4.78 is 0. The van der Waals surface area contributed by atoms with Crippen LogP contribution in [0.1, 0.15) is 28.9 Å². The minimum absolute atomic E-state index is 0.0944. The predicted octanol–water partition coefficient (Wildman–Crippen LogP) is 3.51. The third-order valence-electron chi connectivity index (χ3n) is 3.36. The van der Waals surface area contributed by atoms with Crippen molar-refractivity contribution >= 4 is 29.1 Å². The third kappa shape index (κ3) is 3.28. The van der Waals surface area contributed by atoms with Gasteiger partial charge >= 0.3 is 0 Å². The fourth-order valence-electron chi connectivity index (χ4n) is 2.00. The monoisotopic (exact) mass is 324 g/mol. The minimum atomic E-state index is -0.413. The Morgan fingerprint density at radius 2 is 2.00 bits per heavy atom. The number of hydrogen-bond donors (Lipinski definition) is 1. The van der Waals surface area contributed by atoms with Crippen molar-refractivity contribution in [2.24, 2.45) is 0 Å². The number of pyridine rings is 1. The SMILES string of the molecule is CC(c1ccc(Cl)cc1Cl)N(C)C(=O)c1ccc[nH]c1=O. The first-order valence-electron chi connectivity index (χ1n) is 6.31. The zero-order chi connectivity index (χ0) is 15.6. The lowest BCUT2D eigenvalue weighted by Crippen LogP contribution is -2.33. The summed E-state index contributed by atoms with van der Waals surface area (Å²) in [6.07, 6.45) is 1.48. The van der Waals surface area contributed by atoms with Gasteiger partial charge in [-0.2, -0.15) is 0 Å². The number of amides is 1. The molecule has 2 aromatic rings. The molecule has 0 spiro atoms. The average molecular weight is 325 g/mol. The molecule has 1 amide bonds. The molecule has 0 bridgehead atoms. The van der Waals surface area contributed by atoms with Gasteiger partial charge in [-0.15, -0.1) is 0 Å². The van der Waals surface area contributed by atoms with Gasteiger partial charge in [-0.25, -0.2) is 0 Å². The molecule has 0 saturated carbocycles. The minimum Gasteiger partial charge on any atom is -0.335 e. The lowest BCUT2D eigenvalue weighted by Gasteiger charge is -2.26. The van der Waals surface area contributed by atoms with E-state index >= 15 is 0 Å². The van der Waals surface area contributed by atoms with E-state index in [4.69, 9.17) is 23.2 Å². The first-order chi connectivity index (χ1) is 9.91. The fraction of sp³-hybridized carbons (Fsp3) is 0.200. The standard InChI is InChI=1S/C15H14Cl2N2O2/c1-9(11-6-5-10(16)8-13(11)17)19(2)15(21)12-4-3-7-18-14(12)20/h3-9H,1-2H3,(H,18,20). The first kappa shape index (κ1) is 15.6. The van der Waals surface area contributed by atoms with E-state index in [9.17, 15) is 9.59 Å². The van der Waals surface area contributed by atoms with Crippen molar-refractivity contribution in [3.05, 3.63) is 68.1 Å². The van der Waals surface area contributed by atoms with Gasteiger partial charge in [0.15, 0.2) is 0 Å². The number of aromatic amines is 1. The summed E-state index contributed by atoms with van der Waals surface area (Å²) in [6, 6.07) is 7.93. The van der Waals surface area contributed by atoms with E-state index in [1.807, 2.05) is 6.92 Å². The highest BCUT2D eigenvalue weighted by Gasteiger charge is 2.22. The van der Waals surface area contributed by atoms with Crippen LogP contribution in [0, 0.1) is 0 Å². The Bertz CT molecular complexity index is 728. The highest BCUT2D eigenvalue weighted by molar-refractivity contribution is 6.35. The molecule has 110 valence electrons. The largest absolute Gasteiger partial charge is 0.335 e. The lowest BCUT2D eigenvalue weighted by molar-refractivity contribution is 0.0741. The molecule has 0 radical (unpaired) electrons. The summed E-state index contributed by atoms with van der Waals surface area (Å²) in [6.45, 7) is 1.84. The zero-order valence-corrected chi connectivity index (χ0v) is 13.1. The van der Waals surface area contributed by atoms with Gasteiger partial charge < -0.3 is 9.88 Å². The number of carbonyl (C=O) groups is 1. The number of carbonyl (C=O) groups excluding carboxylic acids is 1. The maximum Gasteiger partial charge on any atom is 0.260 e. The molecule has 1 atom stereocenters. The third-order valence-corrected chi connectivity index (χ3v) is 3.92. The van der Waals surface area contributed by atoms with Crippen LogP contribution in [0.5, 0.6) is 0 Å². The van der Waals surface area contributed by atoms with Crippen LogP contribution in [0.25, 0.3) is 0 Å². The second-order valence-corrected chi connectivity index (χ2v) is 5.51. The van der Waals surface area contributed by atoms with E-state index in [1.165, 1.54) is 17.2 Å². The van der Waals surface area contributed by atoms with E-state index in [1.54, 1.807) is 31.3 Å². The summed E-state index contributed by atoms with van der Waals surface area (Å²) in [5.74, 6) is -0.365. The predicted molar refractivity (Wildman–Crippen MR) is 84.0 cm³/mol. The molecule has 4 nitrogen and oxygen atoms in total. The number of nitrogens with one attached hydrogen (secondary N) is 1. The van der Waals surface area contributed by atoms with Crippen molar-refractivity contribution < 1.29 is 4.79 Å². The summed E-state index contributed by atoms with van der Waals surface area (Å²) >= 11 is 12.0. The number of benzene rings is 1. The van der Waals surface area contributed by atoms with Crippen LogP contribution in [-0.2, 0) is 0 Å². The van der Waals surface area contributed by atoms with Crippen LogP contribution in [-0.4, -0.2) is 22.8 Å². The molecule has 1 unspecified atom stereocenters. The Morgan fingerprint density at radius 1 is 1.29 bits per heavy atom. The second-order valence-electron chi connectivity index (χ2n) is 4.67. The fourth-order valence-corrected chi connectivity index (χ4v) is 2.57. The molecule has 6 heteroatoms. The second kappa shape index (κ2) is 6.33. The molecule has 0 saturated heterocycles. The van der Waals surface area contributed by atoms with Gasteiger partial charge in [0.1, 0.15) is 5.56 Å². The van der Waals surface area contributed by atoms with Crippen LogP contribution in [0.4, 0.5) is 0 Å². The van der Waals surface area contributed by atoms with Crippen LogP contribution in [0.15, 0.2) is 41.3 Å². The van der Waals surface area contributed by atoms with Crippen molar-refractivity contribution in [2.45, 2.75) is 13.0 Å². The van der Waals surface area contributed by atoms with E-state index in [2.05, 4.69) is 4.98 Å². The molecule has 0 aliphatic heterocycles. The summed E-state index contributed by atoms with van der Waals surface area (Å²) in [5.41, 5.74) is 0.449. The molecule has 0 aliphatic rings. The van der Waals surface area contributed by atoms with Gasteiger partial charge in [0, 0.05) is 23.3 Å². The van der Waals surface area contributed by atoms with Crippen molar-refractivity contribution in [2.75, 3.05) is 7.05 Å². The van der Waals surface area contributed by atoms with E-state index in [-0.39, 0.29) is 17.5 Å². The van der Waals surface area contributed by atoms with Gasteiger partial charge in [-0.3, -0.25) is 9.59 Å². The van der Waals surface area contributed by atoms with Crippen LogP contribution in [0.2, 0.25) is 10.0 Å². The molecule has 0 aliphatic carbocycles. The summed E-state index contributed by atoms with van der Waals surface area (Å²) in [4.78, 5) is 28.0. The quantitative estimate of drug-likeness (QED) is 0.939. The van der Waals surface area contributed by atoms with Gasteiger partial charge in [0.2, 0.25) is 0 Å². The van der Waals surface area contributed by atoms with E-state index in [0.29, 0.717) is 10.0 Å². The maximum absolute atomic E-state index is 12.4. The molecule has 0 fully saturated rings. The summed E-state index contributed by atoms with van der Waals surface area (Å²) in [7, 11) is 1.63. The smallest absolute Gasteiger partial charge is 0.260 e.